The highest BCUT2D eigenvalue weighted by atomic mass is 127. The quantitative estimate of drug-likeness (QED) is 0.321. The Hall–Kier alpha value is -0.550. The first-order chi connectivity index (χ1) is 12.0. The summed E-state index contributed by atoms with van der Waals surface area (Å²) in [5.74, 6) is 0.325. The van der Waals surface area contributed by atoms with E-state index in [9.17, 15) is 13.2 Å². The third-order valence-corrected chi connectivity index (χ3v) is 4.58. The van der Waals surface area contributed by atoms with Crippen LogP contribution < -0.4 is 10.6 Å². The highest BCUT2D eigenvalue weighted by Crippen LogP contribution is 2.16. The van der Waals surface area contributed by atoms with Gasteiger partial charge in [0.15, 0.2) is 5.96 Å². The molecule has 9 heteroatoms. The van der Waals surface area contributed by atoms with E-state index in [0.29, 0.717) is 35.6 Å². The Labute approximate surface area is 178 Å². The predicted molar refractivity (Wildman–Crippen MR) is 113 cm³/mol. The number of nitrogens with zero attached hydrogens (tertiary/aromatic N) is 2. The van der Waals surface area contributed by atoms with Crippen molar-refractivity contribution in [1.82, 2.24) is 15.5 Å². The molecule has 2 N–H and O–H groups in total. The molecule has 0 aliphatic carbocycles. The number of hydrogen-bond donors (Lipinski definition) is 2. The molecule has 4 nitrogen and oxygen atoms in total. The number of nitrogens with one attached hydrogen (secondary N) is 2. The van der Waals surface area contributed by atoms with E-state index in [0.717, 1.165) is 12.8 Å². The molecule has 0 bridgehead atoms. The first-order valence-electron chi connectivity index (χ1n) is 8.47. The molecule has 1 aliphatic rings. The molecule has 0 unspecified atom stereocenters. The molecular weight excluding hydrogens is 524 g/mol. The second-order valence-electron chi connectivity index (χ2n) is 6.04. The third kappa shape index (κ3) is 7.99. The monoisotopic (exact) mass is 548 g/mol. The Morgan fingerprint density at radius 3 is 2.62 bits per heavy atom. The third-order valence-electron chi connectivity index (χ3n) is 4.09. The zero-order valence-corrected chi connectivity index (χ0v) is 18.6. The fourth-order valence-electron chi connectivity index (χ4n) is 2.78. The van der Waals surface area contributed by atoms with Gasteiger partial charge in [0.05, 0.1) is 13.1 Å². The summed E-state index contributed by atoms with van der Waals surface area (Å²) < 4.78 is 39.4. The number of piperidine rings is 1. The maximum absolute atomic E-state index is 13.9. The minimum atomic E-state index is -2.29. The van der Waals surface area contributed by atoms with Crippen molar-refractivity contribution < 1.29 is 13.2 Å². The number of likely N-dealkylation sites (tertiary alicyclic amines) is 1. The molecule has 0 spiro atoms. The van der Waals surface area contributed by atoms with Crippen molar-refractivity contribution >= 4 is 45.9 Å². The minimum Gasteiger partial charge on any atom is -0.357 e. The second-order valence-corrected chi connectivity index (χ2v) is 6.96. The highest BCUT2D eigenvalue weighted by Gasteiger charge is 2.21. The van der Waals surface area contributed by atoms with Gasteiger partial charge in [-0.15, -0.1) is 24.0 Å². The van der Waals surface area contributed by atoms with Crippen LogP contribution in [0.4, 0.5) is 13.2 Å². The zero-order chi connectivity index (χ0) is 18.2. The lowest BCUT2D eigenvalue weighted by Gasteiger charge is -2.32. The van der Waals surface area contributed by atoms with Gasteiger partial charge in [-0.3, -0.25) is 4.90 Å². The van der Waals surface area contributed by atoms with E-state index in [1.807, 2.05) is 6.92 Å². The van der Waals surface area contributed by atoms with Crippen LogP contribution in [0, 0.1) is 5.82 Å². The molecule has 26 heavy (non-hydrogen) atoms. The number of aliphatic imine (C=N–C) groups is 1. The van der Waals surface area contributed by atoms with Gasteiger partial charge in [0, 0.05) is 35.7 Å². The first kappa shape index (κ1) is 23.5. The molecule has 0 saturated carbocycles. The molecule has 1 heterocycles. The predicted octanol–water partition coefficient (Wildman–Crippen LogP) is 3.99. The van der Waals surface area contributed by atoms with Crippen LogP contribution in [0.3, 0.4) is 0 Å². The van der Waals surface area contributed by atoms with E-state index in [4.69, 9.17) is 0 Å². The van der Waals surface area contributed by atoms with Gasteiger partial charge in [0.25, 0.3) is 6.43 Å². The Bertz CT molecular complexity index is 581. The van der Waals surface area contributed by atoms with Crippen LogP contribution in [-0.4, -0.2) is 49.5 Å². The molecule has 0 atom stereocenters. The Morgan fingerprint density at radius 1 is 1.35 bits per heavy atom. The lowest BCUT2D eigenvalue weighted by Crippen LogP contribution is -2.49. The van der Waals surface area contributed by atoms with Gasteiger partial charge in [-0.05, 0) is 31.9 Å². The van der Waals surface area contributed by atoms with Gasteiger partial charge in [0.2, 0.25) is 0 Å². The maximum atomic E-state index is 13.9. The van der Waals surface area contributed by atoms with Crippen molar-refractivity contribution in [3.63, 3.8) is 0 Å². The number of guanidine groups is 1. The molecule has 148 valence electrons. The van der Waals surface area contributed by atoms with E-state index in [1.165, 1.54) is 6.07 Å². The van der Waals surface area contributed by atoms with Crippen LogP contribution in [0.1, 0.15) is 25.3 Å². The van der Waals surface area contributed by atoms with E-state index < -0.39 is 6.43 Å². The summed E-state index contributed by atoms with van der Waals surface area (Å²) >= 11 is 3.24. The Kier molecular flexibility index (Phi) is 10.9. The number of benzene rings is 1. The van der Waals surface area contributed by atoms with Gasteiger partial charge in [-0.25, -0.2) is 18.2 Å². The van der Waals surface area contributed by atoms with Gasteiger partial charge >= 0.3 is 0 Å². The second kappa shape index (κ2) is 12.0. The number of hydrogen-bond acceptors (Lipinski definition) is 2. The van der Waals surface area contributed by atoms with E-state index in [1.54, 1.807) is 17.0 Å². The molecule has 1 saturated heterocycles. The molecule has 1 aromatic carbocycles. The molecular formula is C17H25BrF3IN4. The molecule has 0 radical (unpaired) electrons. The maximum Gasteiger partial charge on any atom is 0.251 e. The summed E-state index contributed by atoms with van der Waals surface area (Å²) in [5.41, 5.74) is 0.521. The number of halogens is 5. The van der Waals surface area contributed by atoms with Crippen LogP contribution in [-0.2, 0) is 6.54 Å². The zero-order valence-electron chi connectivity index (χ0n) is 14.7. The summed E-state index contributed by atoms with van der Waals surface area (Å²) in [6, 6.07) is 5.09. The highest BCUT2D eigenvalue weighted by molar-refractivity contribution is 14.0. The topological polar surface area (TPSA) is 39.7 Å². The number of alkyl halides is 2. The summed E-state index contributed by atoms with van der Waals surface area (Å²) in [7, 11) is 0. The Morgan fingerprint density at radius 2 is 2.04 bits per heavy atom. The largest absolute Gasteiger partial charge is 0.357 e. The van der Waals surface area contributed by atoms with E-state index in [2.05, 4.69) is 31.6 Å². The molecule has 1 aliphatic heterocycles. The normalized spacial score (nSPS) is 16.5. The van der Waals surface area contributed by atoms with Gasteiger partial charge in [-0.1, -0.05) is 22.0 Å². The minimum absolute atomic E-state index is 0. The summed E-state index contributed by atoms with van der Waals surface area (Å²) in [4.78, 5) is 6.22. The molecule has 2 rings (SSSR count). The average Bonchev–Trinajstić information content (AvgIpc) is 2.55. The van der Waals surface area contributed by atoms with Crippen molar-refractivity contribution in [2.24, 2.45) is 4.99 Å². The average molecular weight is 549 g/mol. The summed E-state index contributed by atoms with van der Waals surface area (Å²) in [6.07, 6.45) is -0.725. The smallest absolute Gasteiger partial charge is 0.251 e. The van der Waals surface area contributed by atoms with Gasteiger partial charge in [0.1, 0.15) is 5.82 Å². The van der Waals surface area contributed by atoms with Gasteiger partial charge < -0.3 is 10.6 Å². The van der Waals surface area contributed by atoms with Crippen LogP contribution in [0.5, 0.6) is 0 Å². The van der Waals surface area contributed by atoms with Gasteiger partial charge in [-0.2, -0.15) is 0 Å². The lowest BCUT2D eigenvalue weighted by atomic mass is 10.1. The molecule has 1 fully saturated rings. The SMILES string of the molecule is CCNC(=NCc1ccc(Br)cc1F)NC1CCN(CC(F)F)CC1.I. The standard InChI is InChI=1S/C17H24BrF3N4.HI/c1-2-22-17(23-10-12-3-4-13(18)9-15(12)19)24-14-5-7-25(8-6-14)11-16(20)21;/h3-4,9,14,16H,2,5-8,10-11H2,1H3,(H2,22,23,24);1H. The molecule has 0 aromatic heterocycles. The fraction of sp³-hybridized carbons (Fsp3) is 0.588. The first-order valence-corrected chi connectivity index (χ1v) is 9.26. The van der Waals surface area contributed by atoms with Crippen molar-refractivity contribution in [3.05, 3.63) is 34.1 Å². The lowest BCUT2D eigenvalue weighted by molar-refractivity contribution is 0.0744. The Balaban J connectivity index is 0.00000338. The van der Waals surface area contributed by atoms with Crippen LogP contribution >= 0.6 is 39.9 Å². The van der Waals surface area contributed by atoms with Crippen molar-refractivity contribution in [3.8, 4) is 0 Å². The fourth-order valence-corrected chi connectivity index (χ4v) is 3.12. The summed E-state index contributed by atoms with van der Waals surface area (Å²) in [6.45, 7) is 4.01. The molecule has 1 aromatic rings. The van der Waals surface area contributed by atoms with E-state index in [-0.39, 0.29) is 48.9 Å². The number of rotatable bonds is 6. The summed E-state index contributed by atoms with van der Waals surface area (Å²) in [5, 5.41) is 6.47. The van der Waals surface area contributed by atoms with Crippen LogP contribution in [0.25, 0.3) is 0 Å². The van der Waals surface area contributed by atoms with Crippen molar-refractivity contribution in [1.29, 1.82) is 0 Å². The van der Waals surface area contributed by atoms with Crippen LogP contribution in [0.2, 0.25) is 0 Å². The van der Waals surface area contributed by atoms with Crippen LogP contribution in [0.15, 0.2) is 27.7 Å². The van der Waals surface area contributed by atoms with Crippen molar-refractivity contribution in [2.75, 3.05) is 26.2 Å². The molecule has 0 amide bonds. The van der Waals surface area contributed by atoms with Crippen molar-refractivity contribution in [2.45, 2.75) is 38.8 Å². The van der Waals surface area contributed by atoms with E-state index >= 15 is 0 Å².